The van der Waals surface area contributed by atoms with Crippen molar-refractivity contribution < 1.29 is 4.79 Å². The molecule has 0 bridgehead atoms. The quantitative estimate of drug-likeness (QED) is 0.712. The topological polar surface area (TPSA) is 85.5 Å². The van der Waals surface area contributed by atoms with Gasteiger partial charge in [0.2, 0.25) is 5.95 Å². The molecule has 7 heteroatoms. The molecule has 29 heavy (non-hydrogen) atoms. The molecule has 0 saturated heterocycles. The van der Waals surface area contributed by atoms with E-state index in [0.29, 0.717) is 36.0 Å². The fraction of sp³-hybridized carbons (Fsp3) is 0.227. The number of aryl methyl sites for hydroxylation is 1. The summed E-state index contributed by atoms with van der Waals surface area (Å²) in [5.41, 5.74) is 3.26. The summed E-state index contributed by atoms with van der Waals surface area (Å²) in [4.78, 5) is 28.9. The van der Waals surface area contributed by atoms with Gasteiger partial charge in [-0.2, -0.15) is 5.26 Å². The molecule has 0 atom stereocenters. The molecule has 7 nitrogen and oxygen atoms in total. The molecule has 0 radical (unpaired) electrons. The van der Waals surface area contributed by atoms with E-state index < -0.39 is 0 Å². The average molecular weight is 386 g/mol. The molecule has 1 aliphatic heterocycles. The fourth-order valence-corrected chi connectivity index (χ4v) is 2.78. The first-order valence-corrected chi connectivity index (χ1v) is 9.22. The predicted octanol–water partition coefficient (Wildman–Crippen LogP) is 3.06. The minimum absolute atomic E-state index is 0.176. The third kappa shape index (κ3) is 4.74. The summed E-state index contributed by atoms with van der Waals surface area (Å²) in [5, 5.41) is 8.67. The Balaban J connectivity index is 1.78. The number of rotatable bonds is 6. The first-order chi connectivity index (χ1) is 14.0. The van der Waals surface area contributed by atoms with E-state index in [-0.39, 0.29) is 5.91 Å². The summed E-state index contributed by atoms with van der Waals surface area (Å²) in [6, 6.07) is 10.1. The van der Waals surface area contributed by atoms with Crippen molar-refractivity contribution in [3.63, 3.8) is 0 Å². The number of nitrogens with zero attached hydrogens (tertiary/aromatic N) is 6. The molecule has 0 N–H and O–H groups in total. The number of amides is 1. The molecule has 1 aromatic heterocycles. The third-order valence-electron chi connectivity index (χ3n) is 4.56. The number of anilines is 1. The van der Waals surface area contributed by atoms with E-state index in [1.807, 2.05) is 50.4 Å². The lowest BCUT2D eigenvalue weighted by atomic mass is 10.1. The number of carbonyl (C=O) groups excluding carboxylic acids is 1. The zero-order valence-electron chi connectivity index (χ0n) is 16.7. The van der Waals surface area contributed by atoms with Crippen molar-refractivity contribution in [3.05, 3.63) is 65.1 Å². The van der Waals surface area contributed by atoms with Crippen LogP contribution in [0, 0.1) is 18.3 Å². The number of aliphatic imine (C=N–C) groups is 1. The van der Waals surface area contributed by atoms with Crippen LogP contribution in [0.2, 0.25) is 0 Å². The molecular weight excluding hydrogens is 364 g/mol. The van der Waals surface area contributed by atoms with E-state index in [2.05, 4.69) is 21.0 Å². The molecule has 1 aromatic carbocycles. The Morgan fingerprint density at radius 3 is 2.62 bits per heavy atom. The van der Waals surface area contributed by atoms with Gasteiger partial charge in [-0.25, -0.2) is 15.0 Å². The highest BCUT2D eigenvalue weighted by Crippen LogP contribution is 2.19. The van der Waals surface area contributed by atoms with Gasteiger partial charge >= 0.3 is 0 Å². The van der Waals surface area contributed by atoms with Crippen molar-refractivity contribution in [1.82, 2.24) is 14.9 Å². The van der Waals surface area contributed by atoms with Crippen LogP contribution in [0.4, 0.5) is 5.95 Å². The minimum atomic E-state index is -0.176. The van der Waals surface area contributed by atoms with Gasteiger partial charge in [-0.3, -0.25) is 9.69 Å². The van der Waals surface area contributed by atoms with E-state index >= 15 is 0 Å². The molecular formula is C22H22N6O. The number of aromatic nitrogens is 2. The highest BCUT2D eigenvalue weighted by atomic mass is 16.2. The summed E-state index contributed by atoms with van der Waals surface area (Å²) < 4.78 is 0. The Hall–Kier alpha value is -3.79. The van der Waals surface area contributed by atoms with E-state index in [4.69, 9.17) is 5.26 Å². The van der Waals surface area contributed by atoms with Gasteiger partial charge in [0.1, 0.15) is 11.5 Å². The number of hydrogen-bond donors (Lipinski definition) is 0. The van der Waals surface area contributed by atoms with Gasteiger partial charge in [0.25, 0.3) is 5.91 Å². The zero-order valence-corrected chi connectivity index (χ0v) is 16.7. The van der Waals surface area contributed by atoms with Crippen molar-refractivity contribution in [2.75, 3.05) is 25.5 Å². The first kappa shape index (κ1) is 20.0. The standard InChI is InChI=1S/C22H22N6O/c1-16-7-4-5-8-18(16)9-10-20-26-19(21(29)28(20)3)13-17-14-24-22(25-15-17)27(2)12-6-11-23/h4-5,7-10,13-15H,6,12H2,1-3H3/b10-9+,19-13-. The van der Waals surface area contributed by atoms with Crippen LogP contribution in [0.5, 0.6) is 0 Å². The van der Waals surface area contributed by atoms with E-state index in [1.165, 1.54) is 4.90 Å². The molecule has 0 saturated carbocycles. The van der Waals surface area contributed by atoms with Crippen LogP contribution in [0.25, 0.3) is 12.2 Å². The normalized spacial score (nSPS) is 15.1. The maximum Gasteiger partial charge on any atom is 0.277 e. The number of nitriles is 1. The molecule has 2 heterocycles. The van der Waals surface area contributed by atoms with Gasteiger partial charge in [-0.1, -0.05) is 30.3 Å². The van der Waals surface area contributed by atoms with Gasteiger partial charge in [0.05, 0.1) is 12.5 Å². The van der Waals surface area contributed by atoms with E-state index in [1.54, 1.807) is 30.4 Å². The van der Waals surface area contributed by atoms with Crippen molar-refractivity contribution in [2.45, 2.75) is 13.3 Å². The zero-order chi connectivity index (χ0) is 20.8. The Morgan fingerprint density at radius 2 is 1.93 bits per heavy atom. The van der Waals surface area contributed by atoms with Gasteiger partial charge in [-0.15, -0.1) is 0 Å². The van der Waals surface area contributed by atoms with Crippen LogP contribution >= 0.6 is 0 Å². The van der Waals surface area contributed by atoms with Crippen molar-refractivity contribution >= 4 is 29.8 Å². The van der Waals surface area contributed by atoms with Crippen LogP contribution in [0.3, 0.4) is 0 Å². The van der Waals surface area contributed by atoms with Crippen molar-refractivity contribution in [1.29, 1.82) is 5.26 Å². The summed E-state index contributed by atoms with van der Waals surface area (Å²) in [6.45, 7) is 2.60. The Kier molecular flexibility index (Phi) is 6.15. The summed E-state index contributed by atoms with van der Waals surface area (Å²) in [7, 11) is 3.53. The van der Waals surface area contributed by atoms with Crippen LogP contribution in [0.1, 0.15) is 23.1 Å². The van der Waals surface area contributed by atoms with Crippen molar-refractivity contribution in [3.8, 4) is 6.07 Å². The molecule has 2 aromatic rings. The molecule has 0 aliphatic carbocycles. The second-order valence-corrected chi connectivity index (χ2v) is 6.70. The van der Waals surface area contributed by atoms with Gasteiger partial charge in [0.15, 0.2) is 0 Å². The Bertz CT molecular complexity index is 1030. The SMILES string of the molecule is Cc1ccccc1/C=C/C1=NC(=C\c2cnc(N(C)CCC#N)nc2)/C(=O)N1C. The number of amidine groups is 1. The lowest BCUT2D eigenvalue weighted by molar-refractivity contribution is -0.121. The second kappa shape index (κ2) is 8.93. The summed E-state index contributed by atoms with van der Waals surface area (Å²) >= 11 is 0. The van der Waals surface area contributed by atoms with Gasteiger partial charge in [0, 0.05) is 38.6 Å². The number of hydrogen-bond acceptors (Lipinski definition) is 6. The Labute approximate surface area is 170 Å². The van der Waals surface area contributed by atoms with Gasteiger partial charge in [-0.05, 0) is 30.2 Å². The maximum absolute atomic E-state index is 12.5. The van der Waals surface area contributed by atoms with E-state index in [0.717, 1.165) is 11.1 Å². The highest BCUT2D eigenvalue weighted by Gasteiger charge is 2.25. The van der Waals surface area contributed by atoms with Gasteiger partial charge < -0.3 is 4.90 Å². The maximum atomic E-state index is 12.5. The average Bonchev–Trinajstić information content (AvgIpc) is 3.00. The summed E-state index contributed by atoms with van der Waals surface area (Å²) in [5.74, 6) is 0.936. The van der Waals surface area contributed by atoms with Crippen LogP contribution in [-0.2, 0) is 4.79 Å². The minimum Gasteiger partial charge on any atom is -0.343 e. The molecule has 1 aliphatic rings. The number of likely N-dealkylation sites (N-methyl/N-ethyl adjacent to an activating group) is 1. The van der Waals surface area contributed by atoms with Crippen molar-refractivity contribution in [2.24, 2.45) is 4.99 Å². The fourth-order valence-electron chi connectivity index (χ4n) is 2.78. The lowest BCUT2D eigenvalue weighted by Crippen LogP contribution is -2.26. The molecule has 0 unspecified atom stereocenters. The monoisotopic (exact) mass is 386 g/mol. The summed E-state index contributed by atoms with van der Waals surface area (Å²) in [6.07, 6.45) is 9.15. The number of carbonyl (C=O) groups is 1. The third-order valence-corrected chi connectivity index (χ3v) is 4.56. The lowest BCUT2D eigenvalue weighted by Gasteiger charge is -2.14. The Morgan fingerprint density at radius 1 is 1.21 bits per heavy atom. The van der Waals surface area contributed by atoms with Crippen LogP contribution in [-0.4, -0.2) is 47.3 Å². The molecule has 146 valence electrons. The van der Waals surface area contributed by atoms with Crippen LogP contribution in [0.15, 0.2) is 53.4 Å². The molecule has 3 rings (SSSR count). The van der Waals surface area contributed by atoms with Crippen LogP contribution < -0.4 is 4.90 Å². The highest BCUT2D eigenvalue weighted by molar-refractivity contribution is 6.18. The largest absolute Gasteiger partial charge is 0.343 e. The molecule has 1 amide bonds. The second-order valence-electron chi connectivity index (χ2n) is 6.70. The van der Waals surface area contributed by atoms with E-state index in [9.17, 15) is 4.79 Å². The molecule has 0 spiro atoms. The smallest absolute Gasteiger partial charge is 0.277 e. The number of benzene rings is 1. The first-order valence-electron chi connectivity index (χ1n) is 9.22. The predicted molar refractivity (Wildman–Crippen MR) is 114 cm³/mol. The molecule has 0 fully saturated rings.